The third-order valence-corrected chi connectivity index (χ3v) is 5.68. The highest BCUT2D eigenvalue weighted by atomic mass is 79.9. The molecule has 0 aliphatic carbocycles. The number of carbonyl (C=O) groups is 2. The minimum Gasteiger partial charge on any atom is -0.447 e. The SMILES string of the molecule is O=C(N/N=C\c1cc(Br)c(Br)o1)/C(=C/c1ccc([N+](=O)[O-])cc1)NC(=O)c1ccccc1. The number of hydrogen-bond acceptors (Lipinski definition) is 6. The second kappa shape index (κ2) is 10.6. The number of amides is 2. The first-order valence-electron chi connectivity index (χ1n) is 8.94. The zero-order valence-corrected chi connectivity index (χ0v) is 19.3. The molecule has 2 amide bonds. The lowest BCUT2D eigenvalue weighted by Crippen LogP contribution is -2.32. The van der Waals surface area contributed by atoms with Gasteiger partial charge in [0.2, 0.25) is 0 Å². The van der Waals surface area contributed by atoms with Crippen LogP contribution in [0.25, 0.3) is 6.08 Å². The molecule has 9 nitrogen and oxygen atoms in total. The molecule has 1 heterocycles. The normalized spacial score (nSPS) is 11.4. The van der Waals surface area contributed by atoms with Crippen LogP contribution in [0.1, 0.15) is 21.7 Å². The first kappa shape index (κ1) is 23.1. The molecule has 3 rings (SSSR count). The Bertz CT molecular complexity index is 1190. The van der Waals surface area contributed by atoms with E-state index in [-0.39, 0.29) is 11.4 Å². The summed E-state index contributed by atoms with van der Waals surface area (Å²) >= 11 is 6.47. The van der Waals surface area contributed by atoms with E-state index in [4.69, 9.17) is 4.42 Å². The molecule has 0 atom stereocenters. The molecule has 0 spiro atoms. The van der Waals surface area contributed by atoms with Gasteiger partial charge in [0, 0.05) is 23.8 Å². The van der Waals surface area contributed by atoms with E-state index in [9.17, 15) is 19.7 Å². The molecule has 0 radical (unpaired) electrons. The summed E-state index contributed by atoms with van der Waals surface area (Å²) in [6.07, 6.45) is 2.67. The van der Waals surface area contributed by atoms with Gasteiger partial charge in [-0.25, -0.2) is 5.43 Å². The van der Waals surface area contributed by atoms with E-state index < -0.39 is 16.7 Å². The number of hydrogen-bond donors (Lipinski definition) is 2. The van der Waals surface area contributed by atoms with E-state index in [0.29, 0.717) is 26.0 Å². The fourth-order valence-corrected chi connectivity index (χ4v) is 3.05. The highest BCUT2D eigenvalue weighted by Gasteiger charge is 2.15. The van der Waals surface area contributed by atoms with Gasteiger partial charge in [-0.15, -0.1) is 0 Å². The summed E-state index contributed by atoms with van der Waals surface area (Å²) in [6, 6.07) is 15.5. The molecule has 3 aromatic rings. The van der Waals surface area contributed by atoms with Crippen molar-refractivity contribution >= 4 is 61.7 Å². The van der Waals surface area contributed by atoms with Gasteiger partial charge >= 0.3 is 0 Å². The monoisotopic (exact) mass is 560 g/mol. The Morgan fingerprint density at radius 2 is 1.75 bits per heavy atom. The summed E-state index contributed by atoms with van der Waals surface area (Å²) in [5.41, 5.74) is 2.93. The van der Waals surface area contributed by atoms with Crippen molar-refractivity contribution in [2.24, 2.45) is 5.10 Å². The predicted molar refractivity (Wildman–Crippen MR) is 125 cm³/mol. The van der Waals surface area contributed by atoms with Gasteiger partial charge in [-0.1, -0.05) is 18.2 Å². The number of nitro benzene ring substituents is 1. The molecule has 32 heavy (non-hydrogen) atoms. The Balaban J connectivity index is 1.82. The lowest BCUT2D eigenvalue weighted by atomic mass is 10.1. The molecule has 0 bridgehead atoms. The van der Waals surface area contributed by atoms with Crippen molar-refractivity contribution in [3.05, 3.63) is 103 Å². The van der Waals surface area contributed by atoms with Crippen LogP contribution in [0.3, 0.4) is 0 Å². The maximum atomic E-state index is 12.7. The largest absolute Gasteiger partial charge is 0.447 e. The van der Waals surface area contributed by atoms with Crippen molar-refractivity contribution in [1.29, 1.82) is 0 Å². The Labute approximate surface area is 198 Å². The fourth-order valence-electron chi connectivity index (χ4n) is 2.44. The highest BCUT2D eigenvalue weighted by Crippen LogP contribution is 2.25. The molecule has 0 saturated carbocycles. The van der Waals surface area contributed by atoms with Gasteiger partial charge in [0.15, 0.2) is 4.67 Å². The molecular formula is C21H14Br2N4O5. The van der Waals surface area contributed by atoms with Gasteiger partial charge in [-0.3, -0.25) is 19.7 Å². The van der Waals surface area contributed by atoms with Crippen LogP contribution in [0.4, 0.5) is 5.69 Å². The van der Waals surface area contributed by atoms with E-state index in [1.165, 1.54) is 36.6 Å². The summed E-state index contributed by atoms with van der Waals surface area (Å²) in [6.45, 7) is 0. The summed E-state index contributed by atoms with van der Waals surface area (Å²) in [7, 11) is 0. The van der Waals surface area contributed by atoms with E-state index in [1.54, 1.807) is 36.4 Å². The van der Waals surface area contributed by atoms with Gasteiger partial charge in [-0.05, 0) is 67.8 Å². The second-order valence-electron chi connectivity index (χ2n) is 6.20. The molecule has 0 saturated heterocycles. The van der Waals surface area contributed by atoms with E-state index in [2.05, 4.69) is 47.7 Å². The van der Waals surface area contributed by atoms with E-state index in [0.717, 1.165) is 0 Å². The highest BCUT2D eigenvalue weighted by molar-refractivity contribution is 9.13. The zero-order chi connectivity index (χ0) is 23.1. The van der Waals surface area contributed by atoms with Crippen molar-refractivity contribution in [1.82, 2.24) is 10.7 Å². The van der Waals surface area contributed by atoms with Crippen molar-refractivity contribution in [2.75, 3.05) is 0 Å². The first-order chi connectivity index (χ1) is 15.3. The van der Waals surface area contributed by atoms with Crippen LogP contribution in [0.5, 0.6) is 0 Å². The Kier molecular flexibility index (Phi) is 7.68. The molecule has 0 aliphatic heterocycles. The average molecular weight is 562 g/mol. The topological polar surface area (TPSA) is 127 Å². The minimum atomic E-state index is -0.700. The van der Waals surface area contributed by atoms with Crippen LogP contribution in [0.2, 0.25) is 0 Å². The Morgan fingerprint density at radius 1 is 1.06 bits per heavy atom. The summed E-state index contributed by atoms with van der Waals surface area (Å²) in [5.74, 6) is -0.830. The van der Waals surface area contributed by atoms with Crippen molar-refractivity contribution in [3.8, 4) is 0 Å². The van der Waals surface area contributed by atoms with Crippen molar-refractivity contribution < 1.29 is 18.9 Å². The second-order valence-corrected chi connectivity index (χ2v) is 7.77. The zero-order valence-electron chi connectivity index (χ0n) is 16.1. The number of nitrogens with zero attached hydrogens (tertiary/aromatic N) is 2. The summed E-state index contributed by atoms with van der Waals surface area (Å²) in [5, 5.41) is 17.2. The number of nitrogens with one attached hydrogen (secondary N) is 2. The van der Waals surface area contributed by atoms with Gasteiger partial charge in [0.1, 0.15) is 11.5 Å². The van der Waals surface area contributed by atoms with Gasteiger partial charge in [-0.2, -0.15) is 5.10 Å². The van der Waals surface area contributed by atoms with E-state index in [1.807, 2.05) is 0 Å². The third-order valence-electron chi connectivity index (χ3n) is 3.97. The Hall–Kier alpha value is -3.57. The molecule has 0 aliphatic rings. The quantitative estimate of drug-likeness (QED) is 0.188. The lowest BCUT2D eigenvalue weighted by molar-refractivity contribution is -0.384. The molecule has 0 unspecified atom stereocenters. The Morgan fingerprint density at radius 3 is 2.34 bits per heavy atom. The van der Waals surface area contributed by atoms with Crippen LogP contribution in [0, 0.1) is 10.1 Å². The van der Waals surface area contributed by atoms with Crippen LogP contribution in [-0.4, -0.2) is 23.0 Å². The smallest absolute Gasteiger partial charge is 0.287 e. The van der Waals surface area contributed by atoms with Crippen LogP contribution >= 0.6 is 31.9 Å². The number of benzene rings is 2. The molecule has 1 aromatic heterocycles. The molecule has 2 N–H and O–H groups in total. The molecule has 11 heteroatoms. The van der Waals surface area contributed by atoms with Gasteiger partial charge in [0.05, 0.1) is 15.6 Å². The van der Waals surface area contributed by atoms with Gasteiger partial charge in [0.25, 0.3) is 17.5 Å². The number of non-ortho nitro benzene ring substituents is 1. The van der Waals surface area contributed by atoms with Crippen molar-refractivity contribution in [2.45, 2.75) is 0 Å². The fraction of sp³-hybridized carbons (Fsp3) is 0. The first-order valence-corrected chi connectivity index (χ1v) is 10.5. The number of furan rings is 1. The number of halogens is 2. The number of nitro groups is 1. The molecular weight excluding hydrogens is 548 g/mol. The number of hydrazone groups is 1. The summed E-state index contributed by atoms with van der Waals surface area (Å²) < 4.78 is 6.49. The molecule has 0 fully saturated rings. The van der Waals surface area contributed by atoms with E-state index >= 15 is 0 Å². The lowest BCUT2D eigenvalue weighted by Gasteiger charge is -2.09. The molecule has 162 valence electrons. The van der Waals surface area contributed by atoms with Crippen LogP contribution < -0.4 is 10.7 Å². The van der Waals surface area contributed by atoms with Crippen LogP contribution in [0.15, 0.2) is 85.0 Å². The standard InChI is InChI=1S/C21H14Br2N4O5/c22-17-11-16(32-19(17)23)12-24-26-21(29)18(25-20(28)14-4-2-1-3-5-14)10-13-6-8-15(9-7-13)27(30)31/h1-12H,(H,25,28)(H,26,29)/b18-10-,24-12-. The molecule has 2 aromatic carbocycles. The average Bonchev–Trinajstić information content (AvgIpc) is 3.11. The number of rotatable bonds is 7. The minimum absolute atomic E-state index is 0.0955. The van der Waals surface area contributed by atoms with Crippen molar-refractivity contribution in [3.63, 3.8) is 0 Å². The summed E-state index contributed by atoms with van der Waals surface area (Å²) in [4.78, 5) is 35.5. The predicted octanol–water partition coefficient (Wildman–Crippen LogP) is 4.63. The maximum Gasteiger partial charge on any atom is 0.287 e. The maximum absolute atomic E-state index is 12.7. The number of carbonyl (C=O) groups excluding carboxylic acids is 2. The third kappa shape index (κ3) is 6.22. The van der Waals surface area contributed by atoms with Gasteiger partial charge < -0.3 is 9.73 Å². The van der Waals surface area contributed by atoms with Crippen LogP contribution in [-0.2, 0) is 4.79 Å².